The molecule has 630 valence electrons. The minimum Gasteiger partial charge on any atom is -0.469 e. The van der Waals surface area contributed by atoms with E-state index in [1.54, 1.807) is 14.0 Å². The number of aryl methyl sites for hydroxylation is 6. The van der Waals surface area contributed by atoms with Crippen molar-refractivity contribution in [3.05, 3.63) is 179 Å². The number of likely N-dealkylation sites (tertiary alicyclic amines) is 1. The number of benzene rings is 5. The number of rotatable bonds is 43. The summed E-state index contributed by atoms with van der Waals surface area (Å²) >= 11 is 0. The second kappa shape index (κ2) is 56.9. The molecule has 3 amide bonds. The molecule has 5 aromatic carbocycles. The molecule has 0 spiro atoms. The zero-order valence-electron chi connectivity index (χ0n) is 70.6. The molecule has 3 aromatic heterocycles. The normalized spacial score (nSPS) is 13.8. The number of nitrogens with one attached hydrogen (secondary N) is 3. The number of methoxy groups -OCH3 is 1. The number of aromatic nitrogens is 9. The zero-order chi connectivity index (χ0) is 82.4. The quantitative estimate of drug-likeness (QED) is 0.0182. The highest BCUT2D eigenvalue weighted by Gasteiger charge is 2.22. The first kappa shape index (κ1) is 93.8. The Kier molecular flexibility index (Phi) is 46.0. The maximum absolute atomic E-state index is 11.9. The van der Waals surface area contributed by atoms with Crippen molar-refractivity contribution < 1.29 is 52.3 Å². The van der Waals surface area contributed by atoms with E-state index < -0.39 is 0 Å². The first-order chi connectivity index (χ1) is 56.5. The van der Waals surface area contributed by atoms with E-state index in [9.17, 15) is 19.2 Å². The number of esters is 1. The zero-order valence-corrected chi connectivity index (χ0v) is 70.6. The van der Waals surface area contributed by atoms with Gasteiger partial charge in [-0.1, -0.05) is 215 Å². The van der Waals surface area contributed by atoms with Crippen molar-refractivity contribution in [1.82, 2.24) is 65.8 Å². The number of carbonyl (C=O) groups is 4. The van der Waals surface area contributed by atoms with Crippen LogP contribution in [-0.4, -0.2) is 198 Å². The van der Waals surface area contributed by atoms with Crippen LogP contribution in [0.2, 0.25) is 0 Å². The van der Waals surface area contributed by atoms with Gasteiger partial charge in [0, 0.05) is 79.0 Å². The summed E-state index contributed by atoms with van der Waals surface area (Å²) in [6, 6.07) is 42.9. The van der Waals surface area contributed by atoms with Gasteiger partial charge in [-0.3, -0.25) is 19.2 Å². The lowest BCUT2D eigenvalue weighted by Crippen LogP contribution is -2.39. The van der Waals surface area contributed by atoms with E-state index in [1.165, 1.54) is 105 Å². The summed E-state index contributed by atoms with van der Waals surface area (Å²) in [6.07, 6.45) is 28.3. The lowest BCUT2D eigenvalue weighted by molar-refractivity contribution is -0.140. The maximum atomic E-state index is 11.9. The van der Waals surface area contributed by atoms with Gasteiger partial charge in [0.15, 0.2) is 0 Å². The summed E-state index contributed by atoms with van der Waals surface area (Å²) < 4.78 is 43.1. The average Bonchev–Trinajstić information content (AvgIpc) is 1.73. The predicted molar refractivity (Wildman–Crippen MR) is 456 cm³/mol. The van der Waals surface area contributed by atoms with Crippen molar-refractivity contribution >= 4 is 23.7 Å². The fourth-order valence-electron chi connectivity index (χ4n) is 12.7. The van der Waals surface area contributed by atoms with Crippen LogP contribution in [0.3, 0.4) is 0 Å². The smallest absolute Gasteiger partial charge is 0.305 e. The van der Waals surface area contributed by atoms with Crippen molar-refractivity contribution in [3.63, 3.8) is 0 Å². The molecule has 8 aromatic rings. The number of unbranched alkanes of at least 4 members (excludes halogenated alkanes) is 6. The summed E-state index contributed by atoms with van der Waals surface area (Å²) in [5, 5.41) is 34.1. The summed E-state index contributed by atoms with van der Waals surface area (Å²) in [5.41, 5.74) is 14.5. The second-order valence-corrected chi connectivity index (χ2v) is 30.2. The number of hydrogen-bond donors (Lipinski definition) is 3. The van der Waals surface area contributed by atoms with Gasteiger partial charge in [-0.05, 0) is 131 Å². The Morgan fingerprint density at radius 2 is 0.767 bits per heavy atom. The van der Waals surface area contributed by atoms with Crippen LogP contribution in [0, 0.1) is 53.4 Å². The minimum absolute atomic E-state index is 0.0529. The van der Waals surface area contributed by atoms with Crippen LogP contribution in [0.4, 0.5) is 0 Å². The van der Waals surface area contributed by atoms with E-state index in [-0.39, 0.29) is 23.7 Å². The molecule has 4 heterocycles. The van der Waals surface area contributed by atoms with Crippen LogP contribution in [0.25, 0.3) is 33.8 Å². The SMILES string of the molecule is COC(=O)CCCCCCCCC#Cc1ccc(C)cc1.Cc1ccc(-c2cn(CCOCCOCCC(=O)NC3CCC3)nn2)cc1.Cc1ccc(-c2cn(CCOCCOCCC(=O)NC3CCCCC3)nn2)cc1.Cc1ccc(-c2cn(CCOCCOCCC(=O)NCCC3CCCN3C)nn2)cc1.Cc1ccc(C)cc1. The molecule has 24 heteroatoms. The second-order valence-electron chi connectivity index (χ2n) is 30.2. The van der Waals surface area contributed by atoms with E-state index in [4.69, 9.17) is 28.4 Å². The van der Waals surface area contributed by atoms with Crippen molar-refractivity contribution in [2.24, 2.45) is 0 Å². The van der Waals surface area contributed by atoms with Gasteiger partial charge in [0.25, 0.3) is 0 Å². The van der Waals surface area contributed by atoms with Gasteiger partial charge in [0.05, 0.1) is 125 Å². The summed E-state index contributed by atoms with van der Waals surface area (Å²) in [6.45, 7) is 22.2. The molecule has 116 heavy (non-hydrogen) atoms. The Labute approximate surface area is 690 Å². The molecule has 1 unspecified atom stereocenters. The molecule has 2 saturated carbocycles. The van der Waals surface area contributed by atoms with Gasteiger partial charge in [-0.25, -0.2) is 14.0 Å². The van der Waals surface area contributed by atoms with Gasteiger partial charge < -0.3 is 54.0 Å². The van der Waals surface area contributed by atoms with Crippen LogP contribution < -0.4 is 16.0 Å². The van der Waals surface area contributed by atoms with Gasteiger partial charge >= 0.3 is 5.97 Å². The van der Waals surface area contributed by atoms with E-state index in [0.717, 1.165) is 104 Å². The molecule has 3 aliphatic rings. The summed E-state index contributed by atoms with van der Waals surface area (Å²) in [7, 11) is 3.60. The molecule has 1 aliphatic heterocycles. The third kappa shape index (κ3) is 41.0. The van der Waals surface area contributed by atoms with E-state index >= 15 is 0 Å². The van der Waals surface area contributed by atoms with Gasteiger partial charge in [0.2, 0.25) is 17.7 Å². The third-order valence-electron chi connectivity index (χ3n) is 20.2. The predicted octanol–water partition coefficient (Wildman–Crippen LogP) is 14.7. The molecule has 3 N–H and O–H groups in total. The van der Waals surface area contributed by atoms with Crippen LogP contribution in [-0.2, 0) is 72.0 Å². The Morgan fingerprint density at radius 3 is 1.15 bits per heavy atom. The highest BCUT2D eigenvalue weighted by molar-refractivity contribution is 5.77. The number of carbonyl (C=O) groups excluding carboxylic acids is 4. The molecule has 2 aliphatic carbocycles. The van der Waals surface area contributed by atoms with Gasteiger partial charge in [-0.15, -0.1) is 15.3 Å². The molecule has 1 atom stereocenters. The molecule has 1 saturated heterocycles. The molecule has 0 radical (unpaired) electrons. The standard InChI is InChI=1S/C23H35N5O3.C22H32N4O3.C20H28N4O3.C19H26O2.C8H10/c1-19-5-7-20(8-6-19)22-18-28(26-25-22)13-15-31-17-16-30-14-10-23(29)24-11-9-21-4-3-12-27(21)2;1-18-7-9-19(10-8-18)21-17-26(25-24-21)12-14-29-16-15-28-13-11-22(27)23-20-5-3-2-4-6-20;1-16-5-7-17(8-6-16)19-15-24(23-22-19)10-12-27-14-13-26-11-9-20(25)21-18-3-2-4-18;1-17-13-15-18(16-14-17)11-9-7-5-3-4-6-8-10-12-19(20)21-2;1-7-3-5-8(2)6-4-7/h5-8,18,21H,3-4,9-17H2,1-2H3,(H,24,29);7-10,17,20H,2-6,11-16H2,1H3,(H,23,27);5-8,15,18H,2-4,9-14H2,1H3,(H,21,25);13-16H,3-8,10,12H2,1-2H3;3-6H,1-2H3. The summed E-state index contributed by atoms with van der Waals surface area (Å²) in [5.74, 6) is 6.56. The summed E-state index contributed by atoms with van der Waals surface area (Å²) in [4.78, 5) is 48.7. The molecular weight excluding hydrogens is 1460 g/mol. The Hall–Kier alpha value is -9.32. The molecule has 0 bridgehead atoms. The number of nitrogens with zero attached hydrogens (tertiary/aromatic N) is 10. The van der Waals surface area contributed by atoms with E-state index in [0.29, 0.717) is 143 Å². The number of amides is 3. The topological polar surface area (TPSA) is 264 Å². The Balaban J connectivity index is 0.000000208. The first-order valence-corrected chi connectivity index (χ1v) is 42.1. The highest BCUT2D eigenvalue weighted by Crippen LogP contribution is 2.22. The monoisotopic (exact) mass is 1590 g/mol. The Morgan fingerprint density at radius 1 is 0.405 bits per heavy atom. The average molecular weight is 1600 g/mol. The van der Waals surface area contributed by atoms with Crippen LogP contribution in [0.5, 0.6) is 0 Å². The molecule has 3 fully saturated rings. The fraction of sp³-hybridized carbons (Fsp3) is 0.543. The number of hydrogen-bond acceptors (Lipinski definition) is 18. The van der Waals surface area contributed by atoms with Gasteiger partial charge in [0.1, 0.15) is 17.1 Å². The van der Waals surface area contributed by atoms with Crippen molar-refractivity contribution in [2.75, 3.05) is 107 Å². The van der Waals surface area contributed by atoms with Crippen molar-refractivity contribution in [1.29, 1.82) is 0 Å². The van der Waals surface area contributed by atoms with E-state index in [2.05, 4.69) is 202 Å². The molecule has 11 rings (SSSR count). The number of ether oxygens (including phenoxy) is 7. The largest absolute Gasteiger partial charge is 0.469 e. The minimum atomic E-state index is -0.0959. The first-order valence-electron chi connectivity index (χ1n) is 42.1. The molecule has 24 nitrogen and oxygen atoms in total. The molecular formula is C92H131N13O11. The van der Waals surface area contributed by atoms with E-state index in [1.807, 2.05) is 55.0 Å². The third-order valence-corrected chi connectivity index (χ3v) is 20.2. The van der Waals surface area contributed by atoms with Crippen LogP contribution in [0.15, 0.2) is 140 Å². The lowest BCUT2D eigenvalue weighted by Gasteiger charge is -2.26. The van der Waals surface area contributed by atoms with Crippen molar-refractivity contribution in [3.8, 4) is 45.6 Å². The Bertz CT molecular complexity index is 4010. The van der Waals surface area contributed by atoms with Crippen molar-refractivity contribution in [2.45, 2.75) is 221 Å². The lowest BCUT2D eigenvalue weighted by atomic mass is 9.93. The van der Waals surface area contributed by atoms with Crippen LogP contribution in [0.1, 0.15) is 180 Å². The maximum Gasteiger partial charge on any atom is 0.305 e. The highest BCUT2D eigenvalue weighted by atomic mass is 16.5. The fourth-order valence-corrected chi connectivity index (χ4v) is 12.7. The van der Waals surface area contributed by atoms with Crippen LogP contribution >= 0.6 is 0 Å². The van der Waals surface area contributed by atoms with Gasteiger partial charge in [-0.2, -0.15) is 0 Å².